The Hall–Kier alpha value is -0.950. The van der Waals surface area contributed by atoms with Crippen molar-refractivity contribution in [1.82, 2.24) is 10.5 Å². The molecule has 0 heterocycles. The number of carbonyl (C=O) groups is 1. The van der Waals surface area contributed by atoms with Crippen molar-refractivity contribution in [3.8, 4) is 0 Å². The molecule has 1 aromatic rings. The van der Waals surface area contributed by atoms with E-state index in [0.717, 1.165) is 11.0 Å². The van der Waals surface area contributed by atoms with Crippen LogP contribution in [0.15, 0.2) is 28.7 Å². The van der Waals surface area contributed by atoms with Crippen LogP contribution in [0.1, 0.15) is 12.0 Å². The van der Waals surface area contributed by atoms with E-state index in [0.29, 0.717) is 13.0 Å². The third-order valence-electron chi connectivity index (χ3n) is 2.21. The van der Waals surface area contributed by atoms with Gasteiger partial charge in [-0.3, -0.25) is 4.79 Å². The fraction of sp³-hybridized carbons (Fsp3) is 0.364. The first kappa shape index (κ1) is 14.1. The van der Waals surface area contributed by atoms with Crippen molar-refractivity contribution < 1.29 is 9.63 Å². The fourth-order valence-electron chi connectivity index (χ4n) is 1.42. The second-order valence-corrected chi connectivity index (χ2v) is 4.63. The average Bonchev–Trinajstić information content (AvgIpc) is 2.27. The van der Waals surface area contributed by atoms with E-state index in [1.165, 1.54) is 5.56 Å². The van der Waals surface area contributed by atoms with Crippen LogP contribution in [0.5, 0.6) is 0 Å². The molecule has 0 unspecified atom stereocenters. The molecule has 0 fully saturated rings. The summed E-state index contributed by atoms with van der Waals surface area (Å²) < 4.78 is 1.05. The molecule has 0 aliphatic carbocycles. The molecule has 0 radical (unpaired) electrons. The first-order valence-electron chi connectivity index (χ1n) is 5.20. The second-order valence-electron chi connectivity index (χ2n) is 3.71. The summed E-state index contributed by atoms with van der Waals surface area (Å²) in [5.74, 6) is 4.50. The third-order valence-corrected chi connectivity index (χ3v) is 2.71. The number of halogens is 1. The highest BCUT2D eigenvalue weighted by atomic mass is 79.9. The van der Waals surface area contributed by atoms with Crippen molar-refractivity contribution in [3.05, 3.63) is 34.3 Å². The Labute approximate surface area is 109 Å². The Morgan fingerprint density at radius 3 is 3.00 bits per heavy atom. The summed E-state index contributed by atoms with van der Waals surface area (Å²) in [7, 11) is 1.95. The van der Waals surface area contributed by atoms with Gasteiger partial charge in [-0.05, 0) is 24.7 Å². The quantitative estimate of drug-likeness (QED) is 0.610. The molecule has 94 valence electrons. The minimum Gasteiger partial charge on any atom is -0.356 e. The van der Waals surface area contributed by atoms with Crippen LogP contribution in [0.25, 0.3) is 0 Å². The van der Waals surface area contributed by atoms with E-state index in [4.69, 9.17) is 5.84 Å². The van der Waals surface area contributed by atoms with Gasteiger partial charge in [0.1, 0.15) is 0 Å². The second kappa shape index (κ2) is 7.39. The van der Waals surface area contributed by atoms with Gasteiger partial charge in [-0.2, -0.15) is 0 Å². The molecule has 0 amide bonds. The van der Waals surface area contributed by atoms with Crippen molar-refractivity contribution in [2.75, 3.05) is 13.6 Å². The van der Waals surface area contributed by atoms with E-state index in [1.54, 1.807) is 0 Å². The summed E-state index contributed by atoms with van der Waals surface area (Å²) in [6.45, 7) is 1.40. The van der Waals surface area contributed by atoms with Gasteiger partial charge >= 0.3 is 5.97 Å². The van der Waals surface area contributed by atoms with E-state index in [9.17, 15) is 4.79 Å². The van der Waals surface area contributed by atoms with Crippen molar-refractivity contribution >= 4 is 21.9 Å². The highest BCUT2D eigenvalue weighted by molar-refractivity contribution is 9.10. The van der Waals surface area contributed by atoms with Crippen LogP contribution in [0.4, 0.5) is 0 Å². The van der Waals surface area contributed by atoms with Crippen LogP contribution < -0.4 is 11.4 Å². The maximum Gasteiger partial charge on any atom is 0.327 e. The molecule has 1 rings (SSSR count). The Morgan fingerprint density at radius 2 is 2.35 bits per heavy atom. The lowest BCUT2D eigenvalue weighted by molar-refractivity contribution is -0.151. The summed E-state index contributed by atoms with van der Waals surface area (Å²) in [5.41, 5.74) is 3.06. The standard InChI is InChI=1S/C11H16BrN3O2/c1-15(6-5-11(16)17-14-13)8-9-3-2-4-10(12)7-9/h2-4,7,14H,5-6,8,13H2,1H3. The predicted octanol–water partition coefficient (Wildman–Crippen LogP) is 1.19. The Bertz CT molecular complexity index is 373. The molecule has 0 aliphatic heterocycles. The van der Waals surface area contributed by atoms with E-state index in [-0.39, 0.29) is 5.97 Å². The van der Waals surface area contributed by atoms with Gasteiger partial charge in [-0.25, -0.2) is 5.84 Å². The largest absolute Gasteiger partial charge is 0.356 e. The zero-order valence-corrected chi connectivity index (χ0v) is 11.2. The third kappa shape index (κ3) is 5.78. The number of nitrogens with zero attached hydrogens (tertiary/aromatic N) is 1. The highest BCUT2D eigenvalue weighted by Crippen LogP contribution is 2.12. The number of hydrogen-bond acceptors (Lipinski definition) is 5. The Kier molecular flexibility index (Phi) is 6.13. The summed E-state index contributed by atoms with van der Waals surface area (Å²) in [6.07, 6.45) is 0.300. The molecule has 17 heavy (non-hydrogen) atoms. The number of hydrogen-bond donors (Lipinski definition) is 2. The molecule has 0 spiro atoms. The first-order valence-corrected chi connectivity index (χ1v) is 5.99. The van der Waals surface area contributed by atoms with Crippen molar-refractivity contribution in [3.63, 3.8) is 0 Å². The van der Waals surface area contributed by atoms with Gasteiger partial charge in [0, 0.05) is 17.6 Å². The first-order chi connectivity index (χ1) is 8.11. The van der Waals surface area contributed by atoms with Crippen LogP contribution >= 0.6 is 15.9 Å². The topological polar surface area (TPSA) is 67.6 Å². The Balaban J connectivity index is 2.34. The number of nitrogens with one attached hydrogen (secondary N) is 1. The molecule has 6 heteroatoms. The molecule has 1 aromatic carbocycles. The zero-order valence-electron chi connectivity index (χ0n) is 9.65. The molecule has 3 N–H and O–H groups in total. The number of hydrazine groups is 1. The molecule has 0 atom stereocenters. The molecule has 0 saturated heterocycles. The lowest BCUT2D eigenvalue weighted by Crippen LogP contribution is -2.29. The lowest BCUT2D eigenvalue weighted by Gasteiger charge is -2.16. The minimum atomic E-state index is -0.367. The van der Waals surface area contributed by atoms with E-state index < -0.39 is 0 Å². The number of nitrogens with two attached hydrogens (primary N) is 1. The van der Waals surface area contributed by atoms with Crippen LogP contribution in [-0.2, 0) is 16.2 Å². The summed E-state index contributed by atoms with van der Waals surface area (Å²) in [5, 5.41) is 0. The normalized spacial score (nSPS) is 10.6. The molecule has 0 saturated carbocycles. The average molecular weight is 302 g/mol. The maximum atomic E-state index is 11.1. The van der Waals surface area contributed by atoms with Crippen molar-refractivity contribution in [2.24, 2.45) is 5.84 Å². The number of carbonyl (C=O) groups excluding carboxylic acids is 1. The van der Waals surface area contributed by atoms with Gasteiger partial charge < -0.3 is 9.74 Å². The van der Waals surface area contributed by atoms with E-state index >= 15 is 0 Å². The Morgan fingerprint density at radius 1 is 1.59 bits per heavy atom. The van der Waals surface area contributed by atoms with Crippen molar-refractivity contribution in [2.45, 2.75) is 13.0 Å². The lowest BCUT2D eigenvalue weighted by atomic mass is 10.2. The molecular weight excluding hydrogens is 286 g/mol. The van der Waals surface area contributed by atoms with Crippen molar-refractivity contribution in [1.29, 1.82) is 0 Å². The van der Waals surface area contributed by atoms with Crippen LogP contribution in [-0.4, -0.2) is 24.5 Å². The van der Waals surface area contributed by atoms with Crippen LogP contribution in [0.2, 0.25) is 0 Å². The highest BCUT2D eigenvalue weighted by Gasteiger charge is 2.06. The van der Waals surface area contributed by atoms with E-state index in [2.05, 4.69) is 26.8 Å². The van der Waals surface area contributed by atoms with Crippen LogP contribution in [0, 0.1) is 0 Å². The number of rotatable bonds is 6. The SMILES string of the molecule is CN(CCC(=O)ONN)Cc1cccc(Br)c1. The van der Waals surface area contributed by atoms with E-state index in [1.807, 2.05) is 35.7 Å². The maximum absolute atomic E-state index is 11.1. The summed E-state index contributed by atoms with van der Waals surface area (Å²) in [4.78, 5) is 17.5. The van der Waals surface area contributed by atoms with Gasteiger partial charge in [0.2, 0.25) is 0 Å². The minimum absolute atomic E-state index is 0.300. The van der Waals surface area contributed by atoms with Gasteiger partial charge in [-0.1, -0.05) is 33.7 Å². The van der Waals surface area contributed by atoms with Gasteiger partial charge in [0.25, 0.3) is 0 Å². The molecule has 0 aromatic heterocycles. The monoisotopic (exact) mass is 301 g/mol. The molecule has 0 bridgehead atoms. The molecular formula is C11H16BrN3O2. The summed E-state index contributed by atoms with van der Waals surface area (Å²) in [6, 6.07) is 8.06. The zero-order chi connectivity index (χ0) is 12.7. The van der Waals surface area contributed by atoms with Crippen LogP contribution in [0.3, 0.4) is 0 Å². The number of benzene rings is 1. The molecule has 5 nitrogen and oxygen atoms in total. The fourth-order valence-corrected chi connectivity index (χ4v) is 1.87. The smallest absolute Gasteiger partial charge is 0.327 e. The molecule has 0 aliphatic rings. The van der Waals surface area contributed by atoms with Gasteiger partial charge in [0.05, 0.1) is 6.42 Å². The summed E-state index contributed by atoms with van der Waals surface area (Å²) >= 11 is 3.42. The van der Waals surface area contributed by atoms with Gasteiger partial charge in [-0.15, -0.1) is 0 Å². The predicted molar refractivity (Wildman–Crippen MR) is 68.5 cm³/mol. The van der Waals surface area contributed by atoms with Gasteiger partial charge in [0.15, 0.2) is 0 Å².